The highest BCUT2D eigenvalue weighted by atomic mass is 31.1. The van der Waals surface area contributed by atoms with E-state index < -0.39 is 7.92 Å². The van der Waals surface area contributed by atoms with Crippen molar-refractivity contribution in [2.24, 2.45) is 4.99 Å². The van der Waals surface area contributed by atoms with Crippen LogP contribution in [-0.2, 0) is 0 Å². The number of fused-ring (bicyclic) bond motifs is 3. The van der Waals surface area contributed by atoms with E-state index in [9.17, 15) is 5.11 Å². The van der Waals surface area contributed by atoms with Crippen LogP contribution in [-0.4, -0.2) is 11.3 Å². The van der Waals surface area contributed by atoms with Crippen LogP contribution in [0.25, 0.3) is 43.4 Å². The van der Waals surface area contributed by atoms with Crippen molar-refractivity contribution >= 4 is 68.1 Å². The minimum absolute atomic E-state index is 0.215. The van der Waals surface area contributed by atoms with E-state index in [-0.39, 0.29) is 5.75 Å². The van der Waals surface area contributed by atoms with Gasteiger partial charge in [-0.1, -0.05) is 152 Å². The van der Waals surface area contributed by atoms with Crippen LogP contribution >= 0.6 is 7.92 Å². The van der Waals surface area contributed by atoms with Crippen molar-refractivity contribution in [2.45, 2.75) is 0 Å². The largest absolute Gasteiger partial charge is 0.507 e. The highest BCUT2D eigenvalue weighted by Crippen LogP contribution is 2.45. The molecule has 218 valence electrons. The van der Waals surface area contributed by atoms with E-state index in [2.05, 4.69) is 140 Å². The Bertz CT molecular complexity index is 2340. The van der Waals surface area contributed by atoms with Crippen LogP contribution < -0.4 is 15.9 Å². The van der Waals surface area contributed by atoms with Gasteiger partial charge in [0.05, 0.1) is 5.69 Å². The van der Waals surface area contributed by atoms with Crippen molar-refractivity contribution in [2.75, 3.05) is 0 Å². The lowest BCUT2D eigenvalue weighted by Crippen LogP contribution is -2.22. The molecule has 0 aliphatic heterocycles. The first-order valence-electron chi connectivity index (χ1n) is 15.4. The molecule has 8 aromatic carbocycles. The average Bonchev–Trinajstić information content (AvgIpc) is 3.11. The molecule has 2 nitrogen and oxygen atoms in total. The van der Waals surface area contributed by atoms with Crippen molar-refractivity contribution < 1.29 is 5.11 Å². The summed E-state index contributed by atoms with van der Waals surface area (Å²) >= 11 is 0. The average molecular weight is 608 g/mol. The summed E-state index contributed by atoms with van der Waals surface area (Å²) in [6, 6.07) is 59.7. The molecule has 46 heavy (non-hydrogen) atoms. The van der Waals surface area contributed by atoms with Gasteiger partial charge in [-0.3, -0.25) is 4.99 Å². The van der Waals surface area contributed by atoms with Crippen molar-refractivity contribution in [1.82, 2.24) is 0 Å². The van der Waals surface area contributed by atoms with Crippen LogP contribution in [0.3, 0.4) is 0 Å². The lowest BCUT2D eigenvalue weighted by Gasteiger charge is -2.25. The van der Waals surface area contributed by atoms with Crippen LogP contribution in [0.4, 0.5) is 5.69 Å². The van der Waals surface area contributed by atoms with Gasteiger partial charge in [-0.05, 0) is 74.4 Å². The second-order valence-corrected chi connectivity index (χ2v) is 13.6. The van der Waals surface area contributed by atoms with Gasteiger partial charge in [0.25, 0.3) is 0 Å². The normalized spacial score (nSPS) is 11.7. The van der Waals surface area contributed by atoms with E-state index in [0.29, 0.717) is 5.56 Å². The van der Waals surface area contributed by atoms with Gasteiger partial charge in [0, 0.05) is 22.9 Å². The number of nitrogens with zero attached hydrogens (tertiary/aromatic N) is 1. The molecule has 0 atom stereocenters. The molecule has 8 rings (SSSR count). The molecular formula is C43H30NOP. The number of phenols is 1. The number of benzene rings is 8. The summed E-state index contributed by atoms with van der Waals surface area (Å²) in [6.07, 6.45) is 1.80. The first-order chi connectivity index (χ1) is 22.7. The van der Waals surface area contributed by atoms with Crippen molar-refractivity contribution in [3.05, 3.63) is 175 Å². The van der Waals surface area contributed by atoms with Crippen LogP contribution in [0.15, 0.2) is 175 Å². The van der Waals surface area contributed by atoms with Crippen LogP contribution in [0, 0.1) is 0 Å². The Labute approximate surface area is 269 Å². The van der Waals surface area contributed by atoms with Gasteiger partial charge < -0.3 is 5.11 Å². The van der Waals surface area contributed by atoms with Crippen molar-refractivity contribution in [3.63, 3.8) is 0 Å². The Morgan fingerprint density at radius 3 is 1.59 bits per heavy atom. The van der Waals surface area contributed by atoms with Gasteiger partial charge >= 0.3 is 0 Å². The third kappa shape index (κ3) is 5.13. The highest BCUT2D eigenvalue weighted by molar-refractivity contribution is 7.80. The smallest absolute Gasteiger partial charge is 0.124 e. The Hall–Kier alpha value is -5.56. The molecule has 0 saturated carbocycles. The second kappa shape index (κ2) is 12.1. The van der Waals surface area contributed by atoms with Gasteiger partial charge in [-0.25, -0.2) is 0 Å². The predicted octanol–water partition coefficient (Wildman–Crippen LogP) is 10.0. The van der Waals surface area contributed by atoms with Gasteiger partial charge in [-0.15, -0.1) is 0 Å². The summed E-state index contributed by atoms with van der Waals surface area (Å²) in [5.74, 6) is 0.215. The zero-order chi connectivity index (χ0) is 30.9. The summed E-state index contributed by atoms with van der Waals surface area (Å²) in [5, 5.41) is 21.6. The minimum atomic E-state index is -0.901. The predicted molar refractivity (Wildman–Crippen MR) is 198 cm³/mol. The molecular weight excluding hydrogens is 577 g/mol. The van der Waals surface area contributed by atoms with E-state index in [1.165, 1.54) is 32.2 Å². The fraction of sp³-hybridized carbons (Fsp3) is 0. The molecule has 0 aliphatic carbocycles. The third-order valence-corrected chi connectivity index (χ3v) is 11.1. The first-order valence-corrected chi connectivity index (χ1v) is 16.8. The number of aliphatic imine (C=N–C) groups is 1. The number of aromatic hydroxyl groups is 1. The molecule has 0 unspecified atom stereocenters. The van der Waals surface area contributed by atoms with E-state index >= 15 is 0 Å². The monoisotopic (exact) mass is 607 g/mol. The zero-order valence-corrected chi connectivity index (χ0v) is 26.0. The second-order valence-electron chi connectivity index (χ2n) is 11.4. The third-order valence-electron chi connectivity index (χ3n) is 8.57. The number of hydrogen-bond acceptors (Lipinski definition) is 2. The van der Waals surface area contributed by atoms with E-state index in [4.69, 9.17) is 4.99 Å². The van der Waals surface area contributed by atoms with Crippen LogP contribution in [0.5, 0.6) is 5.75 Å². The fourth-order valence-electron chi connectivity index (χ4n) is 6.41. The molecule has 8 aromatic rings. The molecule has 0 fully saturated rings. The summed E-state index contributed by atoms with van der Waals surface area (Å²) in [4.78, 5) is 5.15. The Morgan fingerprint density at radius 1 is 0.457 bits per heavy atom. The maximum absolute atomic E-state index is 11.0. The van der Waals surface area contributed by atoms with Gasteiger partial charge in [-0.2, -0.15) is 0 Å². The SMILES string of the molecule is Oc1cc2ccccc2cc1C=Nc1ccc2ccccc2c1-c1c(P(c2ccccc2)c2ccccc2)ccc2ccccc12. The van der Waals surface area contributed by atoms with Crippen molar-refractivity contribution in [1.29, 1.82) is 0 Å². The molecule has 0 heterocycles. The molecule has 1 N–H and O–H groups in total. The Balaban J connectivity index is 1.43. The van der Waals surface area contributed by atoms with E-state index in [0.717, 1.165) is 32.8 Å². The van der Waals surface area contributed by atoms with E-state index in [1.807, 2.05) is 30.3 Å². The summed E-state index contributed by atoms with van der Waals surface area (Å²) in [5.41, 5.74) is 3.84. The molecule has 3 heteroatoms. The van der Waals surface area contributed by atoms with E-state index in [1.54, 1.807) is 6.21 Å². The summed E-state index contributed by atoms with van der Waals surface area (Å²) in [6.45, 7) is 0. The van der Waals surface area contributed by atoms with Gasteiger partial charge in [0.2, 0.25) is 0 Å². The molecule has 0 aliphatic rings. The standard InChI is InChI=1S/C43H30NOP/c45-40-28-33-16-8-7-15-32(33)27-34(40)29-44-39-25-23-30-13-9-11-21-37(30)42(39)43-38-22-12-10-14-31(38)24-26-41(43)46(35-17-3-1-4-18-35)36-19-5-2-6-20-36/h1-29,45H. The fourth-order valence-corrected chi connectivity index (χ4v) is 8.88. The quantitative estimate of drug-likeness (QED) is 0.148. The van der Waals surface area contributed by atoms with Gasteiger partial charge in [0.1, 0.15) is 5.75 Å². The van der Waals surface area contributed by atoms with Crippen molar-refractivity contribution in [3.8, 4) is 16.9 Å². The Morgan fingerprint density at radius 2 is 0.957 bits per heavy atom. The summed E-state index contributed by atoms with van der Waals surface area (Å²) < 4.78 is 0. The zero-order valence-electron chi connectivity index (χ0n) is 25.1. The lowest BCUT2D eigenvalue weighted by atomic mass is 9.92. The molecule has 0 spiro atoms. The highest BCUT2D eigenvalue weighted by Gasteiger charge is 2.24. The van der Waals surface area contributed by atoms with Gasteiger partial charge in [0.15, 0.2) is 0 Å². The van der Waals surface area contributed by atoms with Crippen LogP contribution in [0.1, 0.15) is 5.56 Å². The molecule has 0 saturated heterocycles. The minimum Gasteiger partial charge on any atom is -0.507 e. The maximum atomic E-state index is 11.0. The lowest BCUT2D eigenvalue weighted by molar-refractivity contribution is 0.475. The topological polar surface area (TPSA) is 32.6 Å². The summed E-state index contributed by atoms with van der Waals surface area (Å²) in [7, 11) is -0.901. The molecule has 0 radical (unpaired) electrons. The molecule has 0 bridgehead atoms. The number of rotatable bonds is 6. The first kappa shape index (κ1) is 28.0. The Kier molecular flexibility index (Phi) is 7.34. The number of phenolic OH excluding ortho intramolecular Hbond substituents is 1. The number of hydrogen-bond donors (Lipinski definition) is 1. The van der Waals surface area contributed by atoms with Crippen LogP contribution in [0.2, 0.25) is 0 Å². The molecule has 0 amide bonds. The maximum Gasteiger partial charge on any atom is 0.124 e. The molecule has 0 aromatic heterocycles.